The van der Waals surface area contributed by atoms with Crippen molar-refractivity contribution in [1.29, 1.82) is 0 Å². The van der Waals surface area contributed by atoms with Crippen LogP contribution in [0.5, 0.6) is 5.75 Å². The van der Waals surface area contributed by atoms with Crippen molar-refractivity contribution >= 4 is 24.1 Å². The Morgan fingerprint density at radius 2 is 1.40 bits per heavy atom. The molecule has 0 heterocycles. The molecule has 159 valence electrons. The van der Waals surface area contributed by atoms with Crippen LogP contribution < -0.4 is 5.46 Å². The topological polar surface area (TPSA) is 45.0 Å². The number of rotatable bonds is 5. The quantitative estimate of drug-likeness (QED) is 0.404. The van der Waals surface area contributed by atoms with Gasteiger partial charge in [-0.25, -0.2) is 0 Å². The molecule has 1 aliphatic carbocycles. The second-order valence-corrected chi connectivity index (χ2v) is 8.73. The molecule has 1 N–H and O–H groups in total. The van der Waals surface area contributed by atoms with E-state index in [2.05, 4.69) is 23.6 Å². The molecule has 2 aromatic carbocycles. The number of aromatic hydroxyl groups is 1. The lowest BCUT2D eigenvalue weighted by atomic mass is 9.73. The summed E-state index contributed by atoms with van der Waals surface area (Å²) in [7, 11) is 2.05. The van der Waals surface area contributed by atoms with Crippen LogP contribution in [0.4, 0.5) is 11.4 Å². The summed E-state index contributed by atoms with van der Waals surface area (Å²) in [5, 5.41) is 18.9. The van der Waals surface area contributed by atoms with Crippen LogP contribution in [0.2, 0.25) is 6.82 Å². The molecule has 30 heavy (non-hydrogen) atoms. The van der Waals surface area contributed by atoms with Gasteiger partial charge in [-0.3, -0.25) is 0 Å². The largest absolute Gasteiger partial charge is 0.506 e. The predicted octanol–water partition coefficient (Wildman–Crippen LogP) is 7.65. The first-order chi connectivity index (χ1) is 14.7. The first-order valence-electron chi connectivity index (χ1n) is 11.9. The molecule has 3 nitrogen and oxygen atoms in total. The van der Waals surface area contributed by atoms with Crippen LogP contribution in [-0.4, -0.2) is 12.4 Å². The molecule has 0 amide bonds. The molecular weight excluding hydrogens is 367 g/mol. The van der Waals surface area contributed by atoms with Crippen molar-refractivity contribution in [2.75, 3.05) is 0 Å². The van der Waals surface area contributed by atoms with Crippen LogP contribution in [0.3, 0.4) is 0 Å². The molecule has 0 bridgehead atoms. The molecule has 0 spiro atoms. The maximum absolute atomic E-state index is 10.3. The molecule has 1 fully saturated rings. The monoisotopic (exact) mass is 403 g/mol. The van der Waals surface area contributed by atoms with Gasteiger partial charge in [0.25, 0.3) is 0 Å². The molecule has 4 heteroatoms. The fourth-order valence-corrected chi connectivity index (χ4v) is 4.41. The lowest BCUT2D eigenvalue weighted by molar-refractivity contribution is 0.392. The van der Waals surface area contributed by atoms with Gasteiger partial charge in [0.2, 0.25) is 0 Å². The summed E-state index contributed by atoms with van der Waals surface area (Å²) in [6.07, 6.45) is 16.2. The van der Waals surface area contributed by atoms with Gasteiger partial charge < -0.3 is 5.11 Å². The Kier molecular flexibility index (Phi) is 9.46. The van der Waals surface area contributed by atoms with Crippen molar-refractivity contribution in [3.8, 4) is 5.75 Å². The van der Waals surface area contributed by atoms with Crippen LogP contribution in [0.25, 0.3) is 0 Å². The van der Waals surface area contributed by atoms with Crippen LogP contribution >= 0.6 is 0 Å². The van der Waals surface area contributed by atoms with E-state index in [1.54, 1.807) is 6.07 Å². The second-order valence-electron chi connectivity index (χ2n) is 8.73. The van der Waals surface area contributed by atoms with E-state index in [9.17, 15) is 5.11 Å². The SMILES string of the molecule is C[B]c1ccc(N=Nc2cc(CC3CCCCCCCCCCC3)ccc2O)cc1. The van der Waals surface area contributed by atoms with Gasteiger partial charge in [0.15, 0.2) is 0 Å². The van der Waals surface area contributed by atoms with Gasteiger partial charge >= 0.3 is 0 Å². The summed E-state index contributed by atoms with van der Waals surface area (Å²) < 4.78 is 0. The highest BCUT2D eigenvalue weighted by atomic mass is 16.3. The fourth-order valence-electron chi connectivity index (χ4n) is 4.41. The Morgan fingerprint density at radius 3 is 2.00 bits per heavy atom. The van der Waals surface area contributed by atoms with E-state index in [4.69, 9.17) is 0 Å². The average Bonchev–Trinajstić information content (AvgIpc) is 2.76. The van der Waals surface area contributed by atoms with Crippen molar-refractivity contribution in [2.24, 2.45) is 16.1 Å². The third-order valence-corrected chi connectivity index (χ3v) is 6.29. The van der Waals surface area contributed by atoms with E-state index < -0.39 is 0 Å². The molecule has 1 saturated carbocycles. The van der Waals surface area contributed by atoms with E-state index in [0.717, 1.165) is 23.5 Å². The Morgan fingerprint density at radius 1 is 0.800 bits per heavy atom. The summed E-state index contributed by atoms with van der Waals surface area (Å²) in [6, 6.07) is 13.8. The molecule has 0 saturated heterocycles. The highest BCUT2D eigenvalue weighted by Crippen LogP contribution is 2.31. The zero-order valence-corrected chi connectivity index (χ0v) is 18.5. The van der Waals surface area contributed by atoms with Crippen molar-refractivity contribution in [3.63, 3.8) is 0 Å². The van der Waals surface area contributed by atoms with Crippen LogP contribution in [0.1, 0.15) is 76.2 Å². The van der Waals surface area contributed by atoms with Crippen molar-refractivity contribution in [3.05, 3.63) is 48.0 Å². The molecular formula is C26H36BN2O. The van der Waals surface area contributed by atoms with E-state index in [0.29, 0.717) is 5.69 Å². The molecule has 3 rings (SSSR count). The molecule has 2 aromatic rings. The lowest BCUT2D eigenvalue weighted by Gasteiger charge is -2.18. The normalized spacial score (nSPS) is 17.4. The van der Waals surface area contributed by atoms with Gasteiger partial charge in [0.05, 0.1) is 5.69 Å². The molecule has 0 aromatic heterocycles. The number of azo groups is 1. The van der Waals surface area contributed by atoms with E-state index in [-0.39, 0.29) is 5.75 Å². The smallest absolute Gasteiger partial charge is 0.148 e. The number of benzene rings is 2. The van der Waals surface area contributed by atoms with Gasteiger partial charge in [-0.1, -0.05) is 101 Å². The molecule has 0 unspecified atom stereocenters. The molecule has 0 aliphatic heterocycles. The number of hydrogen-bond donors (Lipinski definition) is 1. The lowest BCUT2D eigenvalue weighted by Crippen LogP contribution is -2.07. The van der Waals surface area contributed by atoms with Crippen molar-refractivity contribution < 1.29 is 5.11 Å². The third-order valence-electron chi connectivity index (χ3n) is 6.29. The minimum absolute atomic E-state index is 0.194. The number of phenols is 1. The predicted molar refractivity (Wildman–Crippen MR) is 128 cm³/mol. The highest BCUT2D eigenvalue weighted by Gasteiger charge is 2.12. The van der Waals surface area contributed by atoms with Crippen LogP contribution in [0.15, 0.2) is 52.7 Å². The van der Waals surface area contributed by atoms with Gasteiger partial charge in [-0.2, -0.15) is 5.11 Å². The number of hydrogen-bond acceptors (Lipinski definition) is 3. The maximum atomic E-state index is 10.3. The number of phenolic OH excluding ortho intramolecular Hbond substituents is 1. The Bertz CT molecular complexity index is 776. The minimum Gasteiger partial charge on any atom is -0.506 e. The summed E-state index contributed by atoms with van der Waals surface area (Å²) >= 11 is 0. The zero-order chi connectivity index (χ0) is 21.0. The molecule has 1 aliphatic rings. The molecule has 0 atom stereocenters. The maximum Gasteiger partial charge on any atom is 0.148 e. The van der Waals surface area contributed by atoms with E-state index in [1.807, 2.05) is 37.2 Å². The molecule has 1 radical (unpaired) electrons. The summed E-state index contributed by atoms with van der Waals surface area (Å²) in [6.45, 7) is 2.02. The fraction of sp³-hybridized carbons (Fsp3) is 0.538. The van der Waals surface area contributed by atoms with Gasteiger partial charge in [0.1, 0.15) is 18.7 Å². The first kappa shape index (κ1) is 22.6. The standard InChI is InChI=1S/C26H36BN2O/c1-27-23-14-16-24(17-15-23)28-29-25-20-22(13-18-26(25)30)19-21-11-9-7-5-3-2-4-6-8-10-12-21/h13-18,20-21,30H,2-12,19H2,1H3. The number of nitrogens with zero attached hydrogens (tertiary/aromatic N) is 2. The summed E-state index contributed by atoms with van der Waals surface area (Å²) in [4.78, 5) is 0. The van der Waals surface area contributed by atoms with Gasteiger partial charge in [-0.05, 0) is 42.2 Å². The van der Waals surface area contributed by atoms with Crippen molar-refractivity contribution in [1.82, 2.24) is 0 Å². The average molecular weight is 403 g/mol. The minimum atomic E-state index is 0.194. The summed E-state index contributed by atoms with van der Waals surface area (Å²) in [5.41, 5.74) is 3.78. The summed E-state index contributed by atoms with van der Waals surface area (Å²) in [5.74, 6) is 0.927. The Labute approximate surface area is 183 Å². The Hall–Kier alpha value is -2.10. The van der Waals surface area contributed by atoms with E-state index >= 15 is 0 Å². The van der Waals surface area contributed by atoms with Crippen LogP contribution in [0, 0.1) is 5.92 Å². The van der Waals surface area contributed by atoms with E-state index in [1.165, 1.54) is 76.2 Å². The highest BCUT2D eigenvalue weighted by molar-refractivity contribution is 6.51. The first-order valence-corrected chi connectivity index (χ1v) is 11.9. The van der Waals surface area contributed by atoms with Crippen LogP contribution in [-0.2, 0) is 6.42 Å². The Balaban J connectivity index is 1.64. The van der Waals surface area contributed by atoms with Gasteiger partial charge in [-0.15, -0.1) is 5.11 Å². The third kappa shape index (κ3) is 7.62. The van der Waals surface area contributed by atoms with Crippen molar-refractivity contribution in [2.45, 2.75) is 83.9 Å². The second kappa shape index (κ2) is 12.6. The van der Waals surface area contributed by atoms with Gasteiger partial charge in [0, 0.05) is 0 Å². The zero-order valence-electron chi connectivity index (χ0n) is 18.5.